The fourth-order valence-corrected chi connectivity index (χ4v) is 1.28. The predicted molar refractivity (Wildman–Crippen MR) is 55.4 cm³/mol. The summed E-state index contributed by atoms with van der Waals surface area (Å²) >= 11 is 0. The van der Waals surface area contributed by atoms with Crippen LogP contribution in [0.5, 0.6) is 0 Å². The summed E-state index contributed by atoms with van der Waals surface area (Å²) in [5.74, 6) is 0.0790. The van der Waals surface area contributed by atoms with Crippen LogP contribution in [0.4, 0.5) is 0 Å². The number of likely N-dealkylation sites (N-methyl/N-ethyl adjacent to an activating group) is 1. The molecule has 1 amide bonds. The van der Waals surface area contributed by atoms with E-state index < -0.39 is 0 Å². The Morgan fingerprint density at radius 2 is 2.00 bits per heavy atom. The standard InChI is InChI=1S/C10H22N2O/c1-4-6-7-9(11)10(13)12(3)8-5-2/h9H,4-8,11H2,1-3H3/t9-/m0/s1. The third kappa shape index (κ3) is 4.88. The van der Waals surface area contributed by atoms with Gasteiger partial charge in [-0.15, -0.1) is 0 Å². The second-order valence-electron chi connectivity index (χ2n) is 3.51. The van der Waals surface area contributed by atoms with Gasteiger partial charge in [-0.1, -0.05) is 26.7 Å². The number of carbonyl (C=O) groups excluding carboxylic acids is 1. The van der Waals surface area contributed by atoms with Crippen molar-refractivity contribution in [3.63, 3.8) is 0 Å². The monoisotopic (exact) mass is 186 g/mol. The topological polar surface area (TPSA) is 46.3 Å². The Morgan fingerprint density at radius 3 is 2.46 bits per heavy atom. The zero-order chi connectivity index (χ0) is 10.3. The molecule has 0 fully saturated rings. The molecule has 0 aromatic rings. The van der Waals surface area contributed by atoms with Crippen LogP contribution in [-0.2, 0) is 4.79 Å². The summed E-state index contributed by atoms with van der Waals surface area (Å²) in [5.41, 5.74) is 5.74. The molecule has 0 aromatic heterocycles. The molecule has 0 radical (unpaired) electrons. The summed E-state index contributed by atoms with van der Waals surface area (Å²) in [6, 6.07) is -0.295. The predicted octanol–water partition coefficient (Wildman–Crippen LogP) is 1.37. The van der Waals surface area contributed by atoms with Gasteiger partial charge in [0, 0.05) is 13.6 Å². The summed E-state index contributed by atoms with van der Waals surface area (Å²) < 4.78 is 0. The van der Waals surface area contributed by atoms with Crippen LogP contribution in [0.3, 0.4) is 0 Å². The van der Waals surface area contributed by atoms with Crippen molar-refractivity contribution in [2.24, 2.45) is 5.73 Å². The number of nitrogens with zero attached hydrogens (tertiary/aromatic N) is 1. The van der Waals surface area contributed by atoms with E-state index in [0.717, 1.165) is 32.2 Å². The van der Waals surface area contributed by atoms with E-state index >= 15 is 0 Å². The van der Waals surface area contributed by atoms with E-state index in [0.29, 0.717) is 0 Å². The second-order valence-corrected chi connectivity index (χ2v) is 3.51. The molecule has 0 aliphatic rings. The highest BCUT2D eigenvalue weighted by atomic mass is 16.2. The highest BCUT2D eigenvalue weighted by Crippen LogP contribution is 2.01. The molecule has 0 saturated heterocycles. The number of amides is 1. The SMILES string of the molecule is CCCC[C@H](N)C(=O)N(C)CCC. The number of rotatable bonds is 6. The molecular weight excluding hydrogens is 164 g/mol. The van der Waals surface area contributed by atoms with Crippen molar-refractivity contribution in [3.05, 3.63) is 0 Å². The fraction of sp³-hybridized carbons (Fsp3) is 0.900. The van der Waals surface area contributed by atoms with Crippen molar-refractivity contribution < 1.29 is 4.79 Å². The van der Waals surface area contributed by atoms with Crippen LogP contribution in [0.15, 0.2) is 0 Å². The normalized spacial score (nSPS) is 12.6. The van der Waals surface area contributed by atoms with E-state index in [2.05, 4.69) is 13.8 Å². The maximum Gasteiger partial charge on any atom is 0.239 e. The van der Waals surface area contributed by atoms with Gasteiger partial charge in [-0.2, -0.15) is 0 Å². The van der Waals surface area contributed by atoms with E-state index in [1.165, 1.54) is 0 Å². The van der Waals surface area contributed by atoms with Gasteiger partial charge in [0.1, 0.15) is 0 Å². The summed E-state index contributed by atoms with van der Waals surface area (Å²) in [4.78, 5) is 13.3. The molecule has 0 aromatic carbocycles. The van der Waals surface area contributed by atoms with E-state index in [9.17, 15) is 4.79 Å². The Bertz CT molecular complexity index is 148. The van der Waals surface area contributed by atoms with Gasteiger partial charge in [0.25, 0.3) is 0 Å². The lowest BCUT2D eigenvalue weighted by atomic mass is 10.1. The highest BCUT2D eigenvalue weighted by Gasteiger charge is 2.16. The number of nitrogens with two attached hydrogens (primary N) is 1. The minimum Gasteiger partial charge on any atom is -0.344 e. The molecule has 3 nitrogen and oxygen atoms in total. The van der Waals surface area contributed by atoms with E-state index in [-0.39, 0.29) is 11.9 Å². The maximum atomic E-state index is 11.5. The quantitative estimate of drug-likeness (QED) is 0.681. The zero-order valence-corrected chi connectivity index (χ0v) is 9.05. The highest BCUT2D eigenvalue weighted by molar-refractivity contribution is 5.81. The van der Waals surface area contributed by atoms with E-state index in [1.54, 1.807) is 4.90 Å². The van der Waals surface area contributed by atoms with Crippen LogP contribution in [0, 0.1) is 0 Å². The molecule has 0 unspecified atom stereocenters. The van der Waals surface area contributed by atoms with Gasteiger partial charge >= 0.3 is 0 Å². The van der Waals surface area contributed by atoms with Gasteiger partial charge in [0.15, 0.2) is 0 Å². The Balaban J connectivity index is 3.79. The number of hydrogen-bond donors (Lipinski definition) is 1. The van der Waals surface area contributed by atoms with Crippen molar-refractivity contribution in [2.45, 2.75) is 45.6 Å². The molecule has 0 rings (SSSR count). The van der Waals surface area contributed by atoms with Gasteiger partial charge in [-0.05, 0) is 12.8 Å². The van der Waals surface area contributed by atoms with Crippen molar-refractivity contribution in [3.8, 4) is 0 Å². The van der Waals surface area contributed by atoms with Gasteiger partial charge in [-0.25, -0.2) is 0 Å². The second kappa shape index (κ2) is 6.89. The van der Waals surface area contributed by atoms with Crippen LogP contribution in [-0.4, -0.2) is 30.4 Å². The van der Waals surface area contributed by atoms with Gasteiger partial charge in [-0.3, -0.25) is 4.79 Å². The van der Waals surface area contributed by atoms with Crippen LogP contribution in [0.1, 0.15) is 39.5 Å². The molecule has 0 bridgehead atoms. The first-order chi connectivity index (χ1) is 6.13. The first-order valence-electron chi connectivity index (χ1n) is 5.14. The number of hydrogen-bond acceptors (Lipinski definition) is 2. The van der Waals surface area contributed by atoms with Crippen molar-refractivity contribution in [1.29, 1.82) is 0 Å². The van der Waals surface area contributed by atoms with Crippen molar-refractivity contribution in [1.82, 2.24) is 4.90 Å². The Labute approximate surface area is 81.3 Å². The van der Waals surface area contributed by atoms with Crippen LogP contribution >= 0.6 is 0 Å². The lowest BCUT2D eigenvalue weighted by Gasteiger charge is -2.20. The number of carbonyl (C=O) groups is 1. The first kappa shape index (κ1) is 12.4. The summed E-state index contributed by atoms with van der Waals surface area (Å²) in [5, 5.41) is 0. The Kier molecular flexibility index (Phi) is 6.59. The Hall–Kier alpha value is -0.570. The summed E-state index contributed by atoms with van der Waals surface area (Å²) in [6.45, 7) is 4.97. The molecule has 13 heavy (non-hydrogen) atoms. The third-order valence-corrected chi connectivity index (χ3v) is 2.12. The molecule has 0 aliphatic carbocycles. The maximum absolute atomic E-state index is 11.5. The van der Waals surface area contributed by atoms with Gasteiger partial charge < -0.3 is 10.6 Å². The molecule has 0 heterocycles. The average Bonchev–Trinajstić information content (AvgIpc) is 2.13. The van der Waals surface area contributed by atoms with E-state index in [1.807, 2.05) is 7.05 Å². The van der Waals surface area contributed by atoms with E-state index in [4.69, 9.17) is 5.73 Å². The molecule has 2 N–H and O–H groups in total. The summed E-state index contributed by atoms with van der Waals surface area (Å²) in [6.07, 6.45) is 3.93. The lowest BCUT2D eigenvalue weighted by molar-refractivity contribution is -0.131. The minimum absolute atomic E-state index is 0.0790. The zero-order valence-electron chi connectivity index (χ0n) is 9.05. The minimum atomic E-state index is -0.295. The molecule has 1 atom stereocenters. The third-order valence-electron chi connectivity index (χ3n) is 2.12. The summed E-state index contributed by atoms with van der Waals surface area (Å²) in [7, 11) is 1.82. The molecule has 0 saturated carbocycles. The van der Waals surface area contributed by atoms with Crippen LogP contribution < -0.4 is 5.73 Å². The molecule has 78 valence electrons. The molecule has 3 heteroatoms. The van der Waals surface area contributed by atoms with Gasteiger partial charge in [0.05, 0.1) is 6.04 Å². The van der Waals surface area contributed by atoms with Crippen LogP contribution in [0.25, 0.3) is 0 Å². The first-order valence-corrected chi connectivity index (χ1v) is 5.14. The molecule has 0 spiro atoms. The average molecular weight is 186 g/mol. The van der Waals surface area contributed by atoms with Crippen LogP contribution in [0.2, 0.25) is 0 Å². The van der Waals surface area contributed by atoms with Crippen molar-refractivity contribution >= 4 is 5.91 Å². The number of unbranched alkanes of at least 4 members (excludes halogenated alkanes) is 1. The Morgan fingerprint density at radius 1 is 1.38 bits per heavy atom. The smallest absolute Gasteiger partial charge is 0.239 e. The lowest BCUT2D eigenvalue weighted by Crippen LogP contribution is -2.41. The molecular formula is C10H22N2O. The van der Waals surface area contributed by atoms with Gasteiger partial charge in [0.2, 0.25) is 5.91 Å². The largest absolute Gasteiger partial charge is 0.344 e. The van der Waals surface area contributed by atoms with Crippen molar-refractivity contribution in [2.75, 3.05) is 13.6 Å². The fourth-order valence-electron chi connectivity index (χ4n) is 1.28. The molecule has 0 aliphatic heterocycles.